The largest absolute Gasteiger partial charge is 0.378 e. The van der Waals surface area contributed by atoms with Gasteiger partial charge in [-0.2, -0.15) is 0 Å². The standard InChI is InChI=1S/C12H20N4O/c13-5-1-10-17-11-3-8-16(9-4-11)12-14-6-2-7-15-12/h2,6-7,11H,1,3-5,8-10,13H2. The number of anilines is 1. The second kappa shape index (κ2) is 6.51. The molecule has 0 spiro atoms. The fourth-order valence-electron chi connectivity index (χ4n) is 2.01. The van der Waals surface area contributed by atoms with E-state index in [1.165, 1.54) is 0 Å². The normalized spacial score (nSPS) is 17.4. The number of ether oxygens (including phenoxy) is 1. The second-order valence-corrected chi connectivity index (χ2v) is 4.25. The van der Waals surface area contributed by atoms with Crippen LogP contribution in [0.4, 0.5) is 5.95 Å². The zero-order valence-electron chi connectivity index (χ0n) is 10.1. The Balaban J connectivity index is 1.74. The molecule has 0 saturated carbocycles. The summed E-state index contributed by atoms with van der Waals surface area (Å²) >= 11 is 0. The van der Waals surface area contributed by atoms with E-state index >= 15 is 0 Å². The molecule has 0 aromatic carbocycles. The van der Waals surface area contributed by atoms with Crippen molar-refractivity contribution in [1.29, 1.82) is 0 Å². The summed E-state index contributed by atoms with van der Waals surface area (Å²) in [5, 5.41) is 0. The summed E-state index contributed by atoms with van der Waals surface area (Å²) in [6, 6.07) is 1.84. The van der Waals surface area contributed by atoms with E-state index in [1.54, 1.807) is 12.4 Å². The molecule has 1 aromatic heterocycles. The number of hydrogen-bond donors (Lipinski definition) is 1. The van der Waals surface area contributed by atoms with Crippen LogP contribution in [-0.4, -0.2) is 42.3 Å². The molecule has 1 fully saturated rings. The highest BCUT2D eigenvalue weighted by molar-refractivity contribution is 5.28. The summed E-state index contributed by atoms with van der Waals surface area (Å²) < 4.78 is 5.76. The van der Waals surface area contributed by atoms with Gasteiger partial charge < -0.3 is 15.4 Å². The van der Waals surface area contributed by atoms with Crippen molar-refractivity contribution in [3.05, 3.63) is 18.5 Å². The molecule has 0 atom stereocenters. The van der Waals surface area contributed by atoms with Gasteiger partial charge in [-0.15, -0.1) is 0 Å². The number of piperidine rings is 1. The van der Waals surface area contributed by atoms with Crippen LogP contribution in [0.5, 0.6) is 0 Å². The molecule has 2 N–H and O–H groups in total. The summed E-state index contributed by atoms with van der Waals surface area (Å²) in [4.78, 5) is 10.7. The second-order valence-electron chi connectivity index (χ2n) is 4.25. The molecule has 5 nitrogen and oxygen atoms in total. The molecule has 5 heteroatoms. The van der Waals surface area contributed by atoms with Crippen LogP contribution in [0.1, 0.15) is 19.3 Å². The van der Waals surface area contributed by atoms with Gasteiger partial charge in [0.05, 0.1) is 6.10 Å². The van der Waals surface area contributed by atoms with E-state index in [1.807, 2.05) is 6.07 Å². The summed E-state index contributed by atoms with van der Waals surface area (Å²) in [5.74, 6) is 0.827. The minimum atomic E-state index is 0.376. The van der Waals surface area contributed by atoms with E-state index in [2.05, 4.69) is 14.9 Å². The average Bonchev–Trinajstić information content (AvgIpc) is 2.41. The molecule has 0 amide bonds. The molecule has 94 valence electrons. The highest BCUT2D eigenvalue weighted by Gasteiger charge is 2.20. The molecule has 2 heterocycles. The van der Waals surface area contributed by atoms with Crippen molar-refractivity contribution < 1.29 is 4.74 Å². The first-order chi connectivity index (χ1) is 8.40. The molecule has 2 rings (SSSR count). The van der Waals surface area contributed by atoms with Crippen molar-refractivity contribution in [1.82, 2.24) is 9.97 Å². The molecule has 0 bridgehead atoms. The molecule has 1 aliphatic heterocycles. The monoisotopic (exact) mass is 236 g/mol. The van der Waals surface area contributed by atoms with Gasteiger partial charge in [0.1, 0.15) is 0 Å². The van der Waals surface area contributed by atoms with E-state index in [0.29, 0.717) is 12.6 Å². The molecule has 0 radical (unpaired) electrons. The predicted octanol–water partition coefficient (Wildman–Crippen LogP) is 0.811. The maximum Gasteiger partial charge on any atom is 0.225 e. The van der Waals surface area contributed by atoms with Crippen LogP contribution in [0.25, 0.3) is 0 Å². The number of aromatic nitrogens is 2. The van der Waals surface area contributed by atoms with E-state index in [-0.39, 0.29) is 0 Å². The third-order valence-electron chi connectivity index (χ3n) is 2.98. The quantitative estimate of drug-likeness (QED) is 0.766. The Labute approximate surface area is 102 Å². The Kier molecular flexibility index (Phi) is 4.70. The zero-order valence-corrected chi connectivity index (χ0v) is 10.1. The maximum atomic E-state index is 5.76. The molecule has 17 heavy (non-hydrogen) atoms. The summed E-state index contributed by atoms with van der Waals surface area (Å²) in [7, 11) is 0. The number of nitrogens with zero attached hydrogens (tertiary/aromatic N) is 3. The highest BCUT2D eigenvalue weighted by Crippen LogP contribution is 2.17. The Morgan fingerprint density at radius 3 is 2.65 bits per heavy atom. The van der Waals surface area contributed by atoms with Gasteiger partial charge in [0.25, 0.3) is 0 Å². The van der Waals surface area contributed by atoms with Crippen molar-refractivity contribution in [2.24, 2.45) is 5.73 Å². The van der Waals surface area contributed by atoms with E-state index < -0.39 is 0 Å². The average molecular weight is 236 g/mol. The minimum Gasteiger partial charge on any atom is -0.378 e. The Hall–Kier alpha value is -1.20. The molecule has 0 aliphatic carbocycles. The fourth-order valence-corrected chi connectivity index (χ4v) is 2.01. The lowest BCUT2D eigenvalue weighted by Crippen LogP contribution is -2.38. The van der Waals surface area contributed by atoms with Crippen molar-refractivity contribution in [2.45, 2.75) is 25.4 Å². The highest BCUT2D eigenvalue weighted by atomic mass is 16.5. The first kappa shape index (κ1) is 12.3. The van der Waals surface area contributed by atoms with E-state index in [9.17, 15) is 0 Å². The van der Waals surface area contributed by atoms with E-state index in [4.69, 9.17) is 10.5 Å². The van der Waals surface area contributed by atoms with Gasteiger partial charge in [-0.25, -0.2) is 9.97 Å². The van der Waals surface area contributed by atoms with Gasteiger partial charge in [-0.1, -0.05) is 0 Å². The summed E-state index contributed by atoms with van der Waals surface area (Å²) in [6.45, 7) is 3.42. The maximum absolute atomic E-state index is 5.76. The topological polar surface area (TPSA) is 64.3 Å². The molecule has 1 aliphatic rings. The Bertz CT molecular complexity index is 312. The third-order valence-corrected chi connectivity index (χ3v) is 2.98. The van der Waals surface area contributed by atoms with Crippen LogP contribution in [-0.2, 0) is 4.74 Å². The third kappa shape index (κ3) is 3.64. The molecule has 0 unspecified atom stereocenters. The molecule has 1 saturated heterocycles. The predicted molar refractivity (Wildman–Crippen MR) is 66.9 cm³/mol. The first-order valence-corrected chi connectivity index (χ1v) is 6.24. The van der Waals surface area contributed by atoms with Crippen LogP contribution in [0.3, 0.4) is 0 Å². The lowest BCUT2D eigenvalue weighted by atomic mass is 10.1. The van der Waals surface area contributed by atoms with Crippen molar-refractivity contribution in [2.75, 3.05) is 31.1 Å². The fraction of sp³-hybridized carbons (Fsp3) is 0.667. The lowest BCUT2D eigenvalue weighted by molar-refractivity contribution is 0.0364. The van der Waals surface area contributed by atoms with Gasteiger partial charge in [-0.05, 0) is 31.9 Å². The first-order valence-electron chi connectivity index (χ1n) is 6.24. The number of hydrogen-bond acceptors (Lipinski definition) is 5. The van der Waals surface area contributed by atoms with Crippen LogP contribution in [0.15, 0.2) is 18.5 Å². The van der Waals surface area contributed by atoms with Crippen LogP contribution in [0.2, 0.25) is 0 Å². The van der Waals surface area contributed by atoms with Gasteiger partial charge in [0, 0.05) is 32.1 Å². The lowest BCUT2D eigenvalue weighted by Gasteiger charge is -2.31. The van der Waals surface area contributed by atoms with Gasteiger partial charge in [0.2, 0.25) is 5.95 Å². The van der Waals surface area contributed by atoms with E-state index in [0.717, 1.165) is 44.9 Å². The smallest absolute Gasteiger partial charge is 0.225 e. The Morgan fingerprint density at radius 2 is 2.00 bits per heavy atom. The van der Waals surface area contributed by atoms with Crippen molar-refractivity contribution >= 4 is 5.95 Å². The van der Waals surface area contributed by atoms with Crippen LogP contribution < -0.4 is 10.6 Å². The summed E-state index contributed by atoms with van der Waals surface area (Å²) in [6.07, 6.45) is 6.98. The number of nitrogens with two attached hydrogens (primary N) is 1. The summed E-state index contributed by atoms with van der Waals surface area (Å²) in [5.41, 5.74) is 5.44. The van der Waals surface area contributed by atoms with Crippen molar-refractivity contribution in [3.63, 3.8) is 0 Å². The van der Waals surface area contributed by atoms with Crippen molar-refractivity contribution in [3.8, 4) is 0 Å². The van der Waals surface area contributed by atoms with Gasteiger partial charge >= 0.3 is 0 Å². The Morgan fingerprint density at radius 1 is 1.29 bits per heavy atom. The zero-order chi connectivity index (χ0) is 11.9. The molecular weight excluding hydrogens is 216 g/mol. The minimum absolute atomic E-state index is 0.376. The van der Waals surface area contributed by atoms with Crippen LogP contribution in [0, 0.1) is 0 Å². The molecular formula is C12H20N4O. The molecule has 1 aromatic rings. The van der Waals surface area contributed by atoms with Crippen LogP contribution >= 0.6 is 0 Å². The SMILES string of the molecule is NCCCOC1CCN(c2ncccn2)CC1. The van der Waals surface area contributed by atoms with Gasteiger partial charge in [-0.3, -0.25) is 0 Å². The number of rotatable bonds is 5. The van der Waals surface area contributed by atoms with Gasteiger partial charge in [0.15, 0.2) is 0 Å².